The molecule has 0 spiro atoms. The highest BCUT2D eigenvalue weighted by Crippen LogP contribution is 2.28. The Bertz CT molecular complexity index is 853. The third kappa shape index (κ3) is 2.84. The van der Waals surface area contributed by atoms with Crippen molar-refractivity contribution in [1.82, 2.24) is 19.5 Å². The van der Waals surface area contributed by atoms with Gasteiger partial charge in [0.1, 0.15) is 5.52 Å². The van der Waals surface area contributed by atoms with Gasteiger partial charge in [-0.1, -0.05) is 0 Å². The molecule has 4 rings (SSSR count). The molecule has 4 heterocycles. The van der Waals surface area contributed by atoms with Gasteiger partial charge in [0, 0.05) is 60.8 Å². The number of nitrogens with one attached hydrogen (secondary N) is 1. The van der Waals surface area contributed by atoms with Crippen molar-refractivity contribution in [2.45, 2.75) is 18.9 Å². The molecular weight excluding hydrogens is 368 g/mol. The van der Waals surface area contributed by atoms with Gasteiger partial charge >= 0.3 is 0 Å². The molecule has 24 heavy (non-hydrogen) atoms. The second-order valence-electron chi connectivity index (χ2n) is 6.10. The first kappa shape index (κ1) is 15.4. The molecule has 0 aliphatic carbocycles. The maximum Gasteiger partial charge on any atom is 0.205 e. The molecule has 0 atom stereocenters. The minimum absolute atomic E-state index is 0.403. The number of piperidine rings is 1. The summed E-state index contributed by atoms with van der Waals surface area (Å²) in [6, 6.07) is 4.41. The molecule has 1 fully saturated rings. The van der Waals surface area contributed by atoms with Gasteiger partial charge in [0.15, 0.2) is 5.82 Å². The van der Waals surface area contributed by atoms with E-state index < -0.39 is 0 Å². The fourth-order valence-electron chi connectivity index (χ4n) is 3.22. The lowest BCUT2D eigenvalue weighted by atomic mass is 10.1. The SMILES string of the molecule is Cn1ccnc1N1CCC(Nc2ncc(Br)c3cccnc23)CC1. The van der Waals surface area contributed by atoms with Gasteiger partial charge in [-0.15, -0.1) is 0 Å². The van der Waals surface area contributed by atoms with E-state index in [0.29, 0.717) is 6.04 Å². The summed E-state index contributed by atoms with van der Waals surface area (Å²) in [5.74, 6) is 1.91. The van der Waals surface area contributed by atoms with Crippen LogP contribution in [0.4, 0.5) is 11.8 Å². The largest absolute Gasteiger partial charge is 0.365 e. The molecular formula is C17H19BrN6. The lowest BCUT2D eigenvalue weighted by Gasteiger charge is -2.33. The van der Waals surface area contributed by atoms with Crippen molar-refractivity contribution in [3.8, 4) is 0 Å². The van der Waals surface area contributed by atoms with E-state index >= 15 is 0 Å². The molecule has 6 nitrogen and oxygen atoms in total. The Morgan fingerprint density at radius 2 is 2.00 bits per heavy atom. The summed E-state index contributed by atoms with van der Waals surface area (Å²) in [4.78, 5) is 15.8. The Labute approximate surface area is 149 Å². The van der Waals surface area contributed by atoms with Crippen LogP contribution in [-0.4, -0.2) is 38.7 Å². The van der Waals surface area contributed by atoms with Gasteiger partial charge in [0.2, 0.25) is 5.95 Å². The highest BCUT2D eigenvalue weighted by Gasteiger charge is 2.22. The van der Waals surface area contributed by atoms with Gasteiger partial charge in [-0.3, -0.25) is 4.98 Å². The standard InChI is InChI=1S/C17H19BrN6/c1-23-10-7-20-17(23)24-8-4-12(5-9-24)22-16-15-13(3-2-6-19-15)14(18)11-21-16/h2-3,6-7,10-12H,4-5,8-9H2,1H3,(H,21,22). The molecule has 1 aliphatic heterocycles. The van der Waals surface area contributed by atoms with Crippen LogP contribution in [0.3, 0.4) is 0 Å². The molecule has 3 aromatic heterocycles. The Kier molecular flexibility index (Phi) is 4.10. The number of fused-ring (bicyclic) bond motifs is 1. The number of imidazole rings is 1. The van der Waals surface area contributed by atoms with Crippen molar-refractivity contribution in [3.63, 3.8) is 0 Å². The van der Waals surface area contributed by atoms with Crippen LogP contribution in [0.5, 0.6) is 0 Å². The van der Waals surface area contributed by atoms with Crippen molar-refractivity contribution < 1.29 is 0 Å². The summed E-state index contributed by atoms with van der Waals surface area (Å²) in [5, 5.41) is 4.67. The number of rotatable bonds is 3. The molecule has 0 bridgehead atoms. The number of anilines is 2. The molecule has 1 saturated heterocycles. The molecule has 1 N–H and O–H groups in total. The van der Waals surface area contributed by atoms with Crippen molar-refractivity contribution >= 4 is 38.6 Å². The number of aromatic nitrogens is 4. The minimum atomic E-state index is 0.403. The normalized spacial score (nSPS) is 15.8. The van der Waals surface area contributed by atoms with Gasteiger partial charge < -0.3 is 14.8 Å². The van der Waals surface area contributed by atoms with E-state index in [2.05, 4.69) is 51.7 Å². The van der Waals surface area contributed by atoms with E-state index in [4.69, 9.17) is 0 Å². The van der Waals surface area contributed by atoms with Crippen molar-refractivity contribution in [2.75, 3.05) is 23.3 Å². The Hall–Kier alpha value is -2.15. The van der Waals surface area contributed by atoms with Gasteiger partial charge in [-0.25, -0.2) is 9.97 Å². The lowest BCUT2D eigenvalue weighted by molar-refractivity contribution is 0.515. The average Bonchev–Trinajstić information content (AvgIpc) is 3.04. The Balaban J connectivity index is 1.48. The van der Waals surface area contributed by atoms with E-state index in [-0.39, 0.29) is 0 Å². The van der Waals surface area contributed by atoms with Crippen LogP contribution in [0.2, 0.25) is 0 Å². The first-order chi connectivity index (χ1) is 11.7. The second kappa shape index (κ2) is 6.39. The highest BCUT2D eigenvalue weighted by molar-refractivity contribution is 9.10. The maximum absolute atomic E-state index is 4.53. The topological polar surface area (TPSA) is 58.9 Å². The van der Waals surface area contributed by atoms with Crippen LogP contribution in [0.1, 0.15) is 12.8 Å². The molecule has 124 valence electrons. The Morgan fingerprint density at radius 3 is 2.75 bits per heavy atom. The first-order valence-electron chi connectivity index (χ1n) is 8.10. The van der Waals surface area contributed by atoms with Crippen LogP contribution in [0.25, 0.3) is 10.9 Å². The fourth-order valence-corrected chi connectivity index (χ4v) is 3.65. The zero-order chi connectivity index (χ0) is 16.5. The summed E-state index contributed by atoms with van der Waals surface area (Å²) >= 11 is 3.55. The van der Waals surface area contributed by atoms with Gasteiger partial charge in [0.25, 0.3) is 0 Å². The van der Waals surface area contributed by atoms with Gasteiger partial charge in [-0.05, 0) is 40.9 Å². The summed E-state index contributed by atoms with van der Waals surface area (Å²) < 4.78 is 3.04. The number of aryl methyl sites for hydroxylation is 1. The zero-order valence-corrected chi connectivity index (χ0v) is 15.1. The molecule has 0 aromatic carbocycles. The summed E-state index contributed by atoms with van der Waals surface area (Å²) in [5.41, 5.74) is 0.915. The molecule has 0 saturated carbocycles. The van der Waals surface area contributed by atoms with E-state index in [0.717, 1.165) is 53.1 Å². The highest BCUT2D eigenvalue weighted by atomic mass is 79.9. The number of nitrogens with zero attached hydrogens (tertiary/aromatic N) is 5. The third-order valence-electron chi connectivity index (χ3n) is 4.51. The summed E-state index contributed by atoms with van der Waals surface area (Å²) in [6.07, 6.45) is 9.60. The molecule has 0 amide bonds. The molecule has 0 radical (unpaired) electrons. The van der Waals surface area contributed by atoms with E-state index in [1.807, 2.05) is 37.9 Å². The number of pyridine rings is 2. The first-order valence-corrected chi connectivity index (χ1v) is 8.90. The monoisotopic (exact) mass is 386 g/mol. The van der Waals surface area contributed by atoms with Crippen molar-refractivity contribution in [1.29, 1.82) is 0 Å². The number of hydrogen-bond acceptors (Lipinski definition) is 5. The molecule has 0 unspecified atom stereocenters. The molecule has 3 aromatic rings. The average molecular weight is 387 g/mol. The van der Waals surface area contributed by atoms with E-state index in [1.54, 1.807) is 0 Å². The van der Waals surface area contributed by atoms with Crippen LogP contribution in [0, 0.1) is 0 Å². The van der Waals surface area contributed by atoms with Crippen LogP contribution >= 0.6 is 15.9 Å². The van der Waals surface area contributed by atoms with Crippen molar-refractivity contribution in [2.24, 2.45) is 7.05 Å². The van der Waals surface area contributed by atoms with E-state index in [9.17, 15) is 0 Å². The quantitative estimate of drug-likeness (QED) is 0.748. The van der Waals surface area contributed by atoms with Crippen molar-refractivity contribution in [3.05, 3.63) is 41.4 Å². The fraction of sp³-hybridized carbons (Fsp3) is 0.353. The molecule has 1 aliphatic rings. The lowest BCUT2D eigenvalue weighted by Crippen LogP contribution is -2.40. The number of halogens is 1. The van der Waals surface area contributed by atoms with E-state index in [1.165, 1.54) is 0 Å². The summed E-state index contributed by atoms with van der Waals surface area (Å²) in [7, 11) is 2.04. The third-order valence-corrected chi connectivity index (χ3v) is 5.14. The van der Waals surface area contributed by atoms with Crippen LogP contribution in [-0.2, 0) is 7.05 Å². The summed E-state index contributed by atoms with van der Waals surface area (Å²) in [6.45, 7) is 1.98. The second-order valence-corrected chi connectivity index (χ2v) is 6.95. The van der Waals surface area contributed by atoms with Crippen LogP contribution < -0.4 is 10.2 Å². The minimum Gasteiger partial charge on any atom is -0.365 e. The van der Waals surface area contributed by atoms with Gasteiger partial charge in [0.05, 0.1) is 0 Å². The van der Waals surface area contributed by atoms with Crippen LogP contribution in [0.15, 0.2) is 41.4 Å². The predicted octanol–water partition coefficient (Wildman–Crippen LogP) is 3.21. The number of hydrogen-bond donors (Lipinski definition) is 1. The smallest absolute Gasteiger partial charge is 0.205 e. The zero-order valence-electron chi connectivity index (χ0n) is 13.5. The Morgan fingerprint density at radius 1 is 1.17 bits per heavy atom. The predicted molar refractivity (Wildman–Crippen MR) is 99.3 cm³/mol. The van der Waals surface area contributed by atoms with Gasteiger partial charge in [-0.2, -0.15) is 0 Å². The molecule has 7 heteroatoms. The maximum atomic E-state index is 4.53.